The minimum atomic E-state index is 0.652. The van der Waals surface area contributed by atoms with Crippen LogP contribution in [0, 0.1) is 11.3 Å². The molecule has 0 N–H and O–H groups in total. The third kappa shape index (κ3) is 1.42. The lowest BCUT2D eigenvalue weighted by Crippen LogP contribution is -1.93. The molecule has 0 atom stereocenters. The summed E-state index contributed by atoms with van der Waals surface area (Å²) in [7, 11) is 0. The first-order chi connectivity index (χ1) is 7.38. The van der Waals surface area contributed by atoms with Gasteiger partial charge in [0.15, 0.2) is 0 Å². The Morgan fingerprint density at radius 1 is 1.07 bits per heavy atom. The summed E-state index contributed by atoms with van der Waals surface area (Å²) in [5.74, 6) is 0. The predicted molar refractivity (Wildman–Crippen MR) is 57.1 cm³/mol. The molecule has 0 fully saturated rings. The molecule has 0 aliphatic carbocycles. The van der Waals surface area contributed by atoms with Gasteiger partial charge in [0, 0.05) is 12.4 Å². The van der Waals surface area contributed by atoms with Gasteiger partial charge in [-0.1, -0.05) is 11.8 Å². The molecule has 3 heterocycles. The quantitative estimate of drug-likeness (QED) is 0.610. The molecule has 2 aromatic rings. The Morgan fingerprint density at radius 3 is 2.53 bits per heavy atom. The highest BCUT2D eigenvalue weighted by molar-refractivity contribution is 8.05. The molecule has 0 bridgehead atoms. The van der Waals surface area contributed by atoms with Crippen LogP contribution in [0.4, 0.5) is 0 Å². The summed E-state index contributed by atoms with van der Waals surface area (Å²) in [6, 6.07) is 2.14. The van der Waals surface area contributed by atoms with E-state index in [2.05, 4.69) is 20.4 Å². The molecule has 72 valence electrons. The van der Waals surface area contributed by atoms with Crippen molar-refractivity contribution in [1.82, 2.24) is 14.3 Å². The van der Waals surface area contributed by atoms with Crippen molar-refractivity contribution in [3.8, 4) is 6.07 Å². The van der Waals surface area contributed by atoms with E-state index in [4.69, 9.17) is 5.26 Å². The minimum absolute atomic E-state index is 0.652. The summed E-state index contributed by atoms with van der Waals surface area (Å²) in [5.41, 5.74) is 0. The van der Waals surface area contributed by atoms with Gasteiger partial charge in [0.25, 0.3) is 0 Å². The molecular weight excluding hydrogens is 248 g/mol. The van der Waals surface area contributed by atoms with Gasteiger partial charge < -0.3 is 0 Å². The predicted octanol–water partition coefficient (Wildman–Crippen LogP) is 2.42. The van der Waals surface area contributed by atoms with Crippen LogP contribution in [0.25, 0.3) is 0 Å². The maximum Gasteiger partial charge on any atom is 0.140 e. The Kier molecular flexibility index (Phi) is 2.12. The fourth-order valence-electron chi connectivity index (χ4n) is 1.13. The highest BCUT2D eigenvalue weighted by Crippen LogP contribution is 2.48. The normalized spacial score (nSPS) is 12.7. The van der Waals surface area contributed by atoms with Crippen LogP contribution in [0.2, 0.25) is 0 Å². The molecule has 0 radical (unpaired) electrons. The second-order valence-corrected chi connectivity index (χ2v) is 5.38. The molecular formula is C8H2N4S3. The average molecular weight is 250 g/mol. The number of aromatic nitrogens is 3. The Bertz CT molecular complexity index is 572. The van der Waals surface area contributed by atoms with Gasteiger partial charge in [0.2, 0.25) is 0 Å². The van der Waals surface area contributed by atoms with Crippen LogP contribution in [0.15, 0.2) is 32.4 Å². The van der Waals surface area contributed by atoms with Crippen LogP contribution in [0.5, 0.6) is 0 Å². The van der Waals surface area contributed by atoms with Crippen molar-refractivity contribution < 1.29 is 0 Å². The molecule has 0 aromatic carbocycles. The largest absolute Gasteiger partial charge is 0.245 e. The molecule has 0 spiro atoms. The van der Waals surface area contributed by atoms with E-state index in [1.165, 1.54) is 35.1 Å². The van der Waals surface area contributed by atoms with Crippen molar-refractivity contribution >= 4 is 35.1 Å². The summed E-state index contributed by atoms with van der Waals surface area (Å²) >= 11 is 4.17. The Morgan fingerprint density at radius 2 is 1.80 bits per heavy atom. The zero-order valence-electron chi connectivity index (χ0n) is 7.17. The number of nitrogens with zero attached hydrogens (tertiary/aromatic N) is 4. The monoisotopic (exact) mass is 250 g/mol. The fraction of sp³-hybridized carbons (Fsp3) is 0. The standard InChI is InChI=1S/C8H2N4S3/c9-3-4-5-6(12-15-4)14-8-7(13-5)10-1-2-11-8/h1-2H. The van der Waals surface area contributed by atoms with Crippen molar-refractivity contribution in [2.24, 2.45) is 0 Å². The number of fused-ring (bicyclic) bond motifs is 2. The Labute approximate surface area is 97.9 Å². The summed E-state index contributed by atoms with van der Waals surface area (Å²) in [4.78, 5) is 10.0. The average Bonchev–Trinajstić information content (AvgIpc) is 2.68. The number of hydrogen-bond acceptors (Lipinski definition) is 7. The lowest BCUT2D eigenvalue weighted by molar-refractivity contribution is 0.903. The van der Waals surface area contributed by atoms with Crippen molar-refractivity contribution in [2.45, 2.75) is 20.0 Å². The van der Waals surface area contributed by atoms with Gasteiger partial charge in [0.1, 0.15) is 26.0 Å². The second-order valence-electron chi connectivity index (χ2n) is 2.63. The third-order valence-corrected chi connectivity index (χ3v) is 5.08. The lowest BCUT2D eigenvalue weighted by Gasteiger charge is -2.10. The van der Waals surface area contributed by atoms with E-state index in [0.717, 1.165) is 20.0 Å². The summed E-state index contributed by atoms with van der Waals surface area (Å²) in [5, 5.41) is 11.5. The van der Waals surface area contributed by atoms with Gasteiger partial charge in [-0.2, -0.15) is 9.64 Å². The summed E-state index contributed by atoms with van der Waals surface area (Å²) < 4.78 is 4.22. The van der Waals surface area contributed by atoms with Crippen LogP contribution in [0.3, 0.4) is 0 Å². The molecule has 0 amide bonds. The van der Waals surface area contributed by atoms with Gasteiger partial charge >= 0.3 is 0 Å². The summed E-state index contributed by atoms with van der Waals surface area (Å²) in [6.07, 6.45) is 3.32. The van der Waals surface area contributed by atoms with E-state index < -0.39 is 0 Å². The first kappa shape index (κ1) is 9.15. The highest BCUT2D eigenvalue weighted by Gasteiger charge is 2.24. The molecule has 4 nitrogen and oxygen atoms in total. The van der Waals surface area contributed by atoms with E-state index in [1.54, 1.807) is 12.4 Å². The zero-order chi connectivity index (χ0) is 10.3. The molecule has 15 heavy (non-hydrogen) atoms. The highest BCUT2D eigenvalue weighted by atomic mass is 32.2. The van der Waals surface area contributed by atoms with Crippen LogP contribution in [-0.4, -0.2) is 14.3 Å². The third-order valence-electron chi connectivity index (χ3n) is 1.75. The van der Waals surface area contributed by atoms with Crippen molar-refractivity contribution in [1.29, 1.82) is 5.26 Å². The fourth-order valence-corrected chi connectivity index (χ4v) is 4.09. The Balaban J connectivity index is 2.14. The topological polar surface area (TPSA) is 62.5 Å². The molecule has 0 saturated heterocycles. The molecule has 2 aromatic heterocycles. The van der Waals surface area contributed by atoms with E-state index >= 15 is 0 Å². The lowest BCUT2D eigenvalue weighted by atomic mass is 10.5. The van der Waals surface area contributed by atoms with Crippen molar-refractivity contribution in [3.63, 3.8) is 0 Å². The van der Waals surface area contributed by atoms with Gasteiger partial charge in [-0.25, -0.2) is 9.97 Å². The smallest absolute Gasteiger partial charge is 0.140 e. The van der Waals surface area contributed by atoms with Gasteiger partial charge in [0.05, 0.1) is 4.90 Å². The van der Waals surface area contributed by atoms with Crippen molar-refractivity contribution in [3.05, 3.63) is 17.3 Å². The van der Waals surface area contributed by atoms with Gasteiger partial charge in [-0.15, -0.1) is 0 Å². The minimum Gasteiger partial charge on any atom is -0.245 e. The van der Waals surface area contributed by atoms with E-state index in [-0.39, 0.29) is 0 Å². The van der Waals surface area contributed by atoms with Gasteiger partial charge in [-0.05, 0) is 23.3 Å². The summed E-state index contributed by atoms with van der Waals surface area (Å²) in [6.45, 7) is 0. The van der Waals surface area contributed by atoms with Crippen LogP contribution >= 0.6 is 35.1 Å². The van der Waals surface area contributed by atoms with Crippen LogP contribution in [0.1, 0.15) is 4.88 Å². The molecule has 7 heteroatoms. The number of rotatable bonds is 0. The van der Waals surface area contributed by atoms with Crippen LogP contribution in [-0.2, 0) is 0 Å². The first-order valence-electron chi connectivity index (χ1n) is 3.95. The van der Waals surface area contributed by atoms with E-state index in [0.29, 0.717) is 4.88 Å². The molecule has 0 saturated carbocycles. The Hall–Kier alpha value is -1.10. The first-order valence-corrected chi connectivity index (χ1v) is 6.35. The molecule has 1 aliphatic rings. The molecule has 3 rings (SSSR count). The van der Waals surface area contributed by atoms with E-state index in [9.17, 15) is 0 Å². The molecule has 1 aliphatic heterocycles. The number of nitriles is 1. The van der Waals surface area contributed by atoms with Gasteiger partial charge in [-0.3, -0.25) is 0 Å². The zero-order valence-corrected chi connectivity index (χ0v) is 9.62. The SMILES string of the molecule is N#Cc1snc2c1Sc1nccnc1S2. The molecule has 0 unspecified atom stereocenters. The number of hydrogen-bond donors (Lipinski definition) is 0. The van der Waals surface area contributed by atoms with E-state index in [1.807, 2.05) is 0 Å². The maximum atomic E-state index is 8.89. The van der Waals surface area contributed by atoms with Crippen LogP contribution < -0.4 is 0 Å². The second kappa shape index (κ2) is 3.48. The van der Waals surface area contributed by atoms with Crippen molar-refractivity contribution in [2.75, 3.05) is 0 Å². The maximum absolute atomic E-state index is 8.89.